The lowest BCUT2D eigenvalue weighted by molar-refractivity contribution is -0.798. The minimum absolute atomic E-state index is 0.259. The molecule has 2 atom stereocenters. The van der Waals surface area contributed by atoms with E-state index in [1.807, 2.05) is 0 Å². The summed E-state index contributed by atoms with van der Waals surface area (Å²) >= 11 is 0. The van der Waals surface area contributed by atoms with E-state index in [4.69, 9.17) is 5.11 Å². The van der Waals surface area contributed by atoms with E-state index >= 15 is 0 Å². The molecule has 0 saturated carbocycles. The molecular formula is C6H10N2O8. The number of carboxylic acid groups (broad SMARTS) is 1. The van der Waals surface area contributed by atoms with Gasteiger partial charge in [-0.3, -0.25) is 4.79 Å². The molecule has 0 rings (SSSR count). The Hall–Kier alpha value is -2.13. The van der Waals surface area contributed by atoms with Gasteiger partial charge >= 0.3 is 5.97 Å². The van der Waals surface area contributed by atoms with Gasteiger partial charge in [0, 0.05) is 6.42 Å². The van der Waals surface area contributed by atoms with Crippen molar-refractivity contribution in [1.82, 2.24) is 0 Å². The average Bonchev–Trinajstić information content (AvgIpc) is 2.09. The third-order valence-corrected chi connectivity index (χ3v) is 1.64. The van der Waals surface area contributed by atoms with Crippen LogP contribution >= 0.6 is 0 Å². The Bertz CT molecular complexity index is 280. The minimum Gasteiger partial charge on any atom is -0.481 e. The minimum atomic E-state index is -1.29. The molecule has 92 valence electrons. The van der Waals surface area contributed by atoms with Gasteiger partial charge in [0.2, 0.25) is 0 Å². The normalized spacial score (nSPS) is 13.6. The Morgan fingerprint density at radius 3 is 2.19 bits per heavy atom. The van der Waals surface area contributed by atoms with Crippen LogP contribution in [0.3, 0.4) is 0 Å². The molecule has 2 unspecified atom stereocenters. The largest absolute Gasteiger partial charge is 0.481 e. The van der Waals surface area contributed by atoms with Crippen LogP contribution in [0.5, 0.6) is 0 Å². The molecule has 0 spiro atoms. The second kappa shape index (κ2) is 6.37. The van der Waals surface area contributed by atoms with Gasteiger partial charge in [-0.1, -0.05) is 0 Å². The number of carboxylic acids is 1. The van der Waals surface area contributed by atoms with Crippen LogP contribution in [0, 0.1) is 20.2 Å². The zero-order chi connectivity index (χ0) is 12.7. The third kappa shape index (κ3) is 6.34. The maximum Gasteiger partial charge on any atom is 0.303 e. The van der Waals surface area contributed by atoms with Crippen LogP contribution in [0.15, 0.2) is 0 Å². The summed E-state index contributed by atoms with van der Waals surface area (Å²) in [6, 6.07) is 0. The van der Waals surface area contributed by atoms with Crippen molar-refractivity contribution >= 4 is 5.97 Å². The molecule has 10 nitrogen and oxygen atoms in total. The molecule has 0 amide bonds. The van der Waals surface area contributed by atoms with Crippen LogP contribution in [-0.2, 0) is 14.5 Å². The van der Waals surface area contributed by atoms with E-state index in [9.17, 15) is 25.0 Å². The topological polar surface area (TPSA) is 142 Å². The van der Waals surface area contributed by atoms with Gasteiger partial charge in [-0.15, -0.1) is 20.2 Å². The van der Waals surface area contributed by atoms with Crippen LogP contribution in [0.4, 0.5) is 0 Å². The molecule has 0 aromatic rings. The summed E-state index contributed by atoms with van der Waals surface area (Å²) in [6.07, 6.45) is -3.19. The van der Waals surface area contributed by atoms with E-state index in [0.717, 1.165) is 0 Å². The van der Waals surface area contributed by atoms with Crippen LogP contribution in [0.2, 0.25) is 0 Å². The first-order valence-corrected chi connectivity index (χ1v) is 4.17. The van der Waals surface area contributed by atoms with E-state index in [1.54, 1.807) is 0 Å². The summed E-state index contributed by atoms with van der Waals surface area (Å²) in [6.45, 7) is 1.18. The first kappa shape index (κ1) is 13.9. The average molecular weight is 238 g/mol. The van der Waals surface area contributed by atoms with Crippen molar-refractivity contribution in [2.24, 2.45) is 0 Å². The molecule has 0 fully saturated rings. The molecule has 0 radical (unpaired) electrons. The molecule has 0 saturated heterocycles. The lowest BCUT2D eigenvalue weighted by Gasteiger charge is -2.19. The predicted molar refractivity (Wildman–Crippen MR) is 46.3 cm³/mol. The fourth-order valence-electron chi connectivity index (χ4n) is 0.953. The summed E-state index contributed by atoms with van der Waals surface area (Å²) in [5.41, 5.74) is 0. The van der Waals surface area contributed by atoms with Crippen molar-refractivity contribution in [3.05, 3.63) is 20.2 Å². The number of rotatable bonds is 8. The fourth-order valence-corrected chi connectivity index (χ4v) is 0.953. The van der Waals surface area contributed by atoms with E-state index in [1.165, 1.54) is 6.92 Å². The van der Waals surface area contributed by atoms with Gasteiger partial charge in [-0.25, -0.2) is 0 Å². The molecule has 0 aromatic carbocycles. The van der Waals surface area contributed by atoms with Crippen LogP contribution < -0.4 is 0 Å². The maximum absolute atomic E-state index is 10.2. The Kier molecular flexibility index (Phi) is 5.52. The maximum atomic E-state index is 10.2. The number of hydrogen-bond acceptors (Lipinski definition) is 7. The van der Waals surface area contributed by atoms with Crippen molar-refractivity contribution < 1.29 is 29.7 Å². The van der Waals surface area contributed by atoms with Gasteiger partial charge in [0.05, 0.1) is 0 Å². The van der Waals surface area contributed by atoms with E-state index in [-0.39, 0.29) is 6.42 Å². The zero-order valence-electron chi connectivity index (χ0n) is 8.27. The van der Waals surface area contributed by atoms with Gasteiger partial charge in [-0.2, -0.15) is 0 Å². The molecule has 16 heavy (non-hydrogen) atoms. The second-order valence-electron chi connectivity index (χ2n) is 2.83. The molecule has 0 bridgehead atoms. The molecule has 0 heterocycles. The smallest absolute Gasteiger partial charge is 0.303 e. The standard InChI is InChI=1S/C6H10N2O8/c1-4(15-7(11)12)5(16-8(13)14)2-3-6(9)10/h4-5H,2-3H2,1H3,(H,9,10). The van der Waals surface area contributed by atoms with Crippen molar-refractivity contribution in [1.29, 1.82) is 0 Å². The summed E-state index contributed by atoms with van der Waals surface area (Å²) in [5.74, 6) is -1.19. The molecule has 0 aromatic heterocycles. The number of aliphatic carboxylic acids is 1. The van der Waals surface area contributed by atoms with Crippen molar-refractivity contribution in [3.8, 4) is 0 Å². The first-order chi connectivity index (χ1) is 7.32. The highest BCUT2D eigenvalue weighted by atomic mass is 17.0. The lowest BCUT2D eigenvalue weighted by Crippen LogP contribution is -2.33. The van der Waals surface area contributed by atoms with Crippen molar-refractivity contribution in [2.75, 3.05) is 0 Å². The first-order valence-electron chi connectivity index (χ1n) is 4.17. The molecule has 10 heteroatoms. The second-order valence-corrected chi connectivity index (χ2v) is 2.83. The van der Waals surface area contributed by atoms with Crippen LogP contribution in [0.25, 0.3) is 0 Å². The molecule has 0 aliphatic carbocycles. The highest BCUT2D eigenvalue weighted by molar-refractivity contribution is 5.66. The molecule has 0 aliphatic rings. The van der Waals surface area contributed by atoms with Crippen molar-refractivity contribution in [3.63, 3.8) is 0 Å². The van der Waals surface area contributed by atoms with Gasteiger partial charge in [0.1, 0.15) is 12.2 Å². The highest BCUT2D eigenvalue weighted by Gasteiger charge is 2.25. The van der Waals surface area contributed by atoms with Gasteiger partial charge < -0.3 is 14.8 Å². The molecular weight excluding hydrogens is 228 g/mol. The third-order valence-electron chi connectivity index (χ3n) is 1.64. The molecule has 1 N–H and O–H groups in total. The highest BCUT2D eigenvalue weighted by Crippen LogP contribution is 2.11. The van der Waals surface area contributed by atoms with E-state index in [2.05, 4.69) is 9.68 Å². The van der Waals surface area contributed by atoms with Crippen molar-refractivity contribution in [2.45, 2.75) is 32.0 Å². The Balaban J connectivity index is 4.33. The van der Waals surface area contributed by atoms with Gasteiger partial charge in [0.15, 0.2) is 0 Å². The number of nitrogens with zero attached hydrogens (tertiary/aromatic N) is 2. The van der Waals surface area contributed by atoms with Gasteiger partial charge in [-0.05, 0) is 13.3 Å². The summed E-state index contributed by atoms with van der Waals surface area (Å²) < 4.78 is 0. The number of carbonyl (C=O) groups is 1. The fraction of sp³-hybridized carbons (Fsp3) is 0.833. The van der Waals surface area contributed by atoms with Crippen LogP contribution in [0.1, 0.15) is 19.8 Å². The van der Waals surface area contributed by atoms with E-state index in [0.29, 0.717) is 0 Å². The number of hydrogen-bond donors (Lipinski definition) is 1. The summed E-state index contributed by atoms with van der Waals surface area (Å²) in [4.78, 5) is 38.4. The Morgan fingerprint density at radius 1 is 1.31 bits per heavy atom. The molecule has 0 aliphatic heterocycles. The quantitative estimate of drug-likeness (QED) is 0.460. The Labute approximate surface area is 89.0 Å². The summed E-state index contributed by atoms with van der Waals surface area (Å²) in [7, 11) is 0. The SMILES string of the molecule is CC(O[N+](=O)[O-])C(CCC(=O)O)O[N+](=O)[O-]. The monoisotopic (exact) mass is 238 g/mol. The lowest BCUT2D eigenvalue weighted by atomic mass is 10.1. The van der Waals surface area contributed by atoms with Crippen LogP contribution in [-0.4, -0.2) is 33.5 Å². The van der Waals surface area contributed by atoms with Gasteiger partial charge in [0.25, 0.3) is 10.2 Å². The van der Waals surface area contributed by atoms with E-state index < -0.39 is 34.8 Å². The summed E-state index contributed by atoms with van der Waals surface area (Å²) in [5, 5.41) is 26.1. The Morgan fingerprint density at radius 2 is 1.81 bits per heavy atom. The predicted octanol–water partition coefficient (Wildman–Crippen LogP) is 0.0249. The zero-order valence-corrected chi connectivity index (χ0v) is 8.27.